The molecule has 0 atom stereocenters. The van der Waals surface area contributed by atoms with Gasteiger partial charge in [0.05, 0.1) is 0 Å². The summed E-state index contributed by atoms with van der Waals surface area (Å²) in [7, 11) is 0. The van der Waals surface area contributed by atoms with Crippen molar-refractivity contribution in [3.05, 3.63) is 197 Å². The summed E-state index contributed by atoms with van der Waals surface area (Å²) in [6.07, 6.45) is 9.64. The average Bonchev–Trinajstić information content (AvgIpc) is 3.39. The van der Waals surface area contributed by atoms with E-state index in [0.29, 0.717) is 0 Å². The van der Waals surface area contributed by atoms with Crippen LogP contribution in [-0.2, 0) is 25.7 Å². The summed E-state index contributed by atoms with van der Waals surface area (Å²) in [4.78, 5) is 5.37. The van der Waals surface area contributed by atoms with Crippen LogP contribution in [0.4, 0.5) is 34.1 Å². The van der Waals surface area contributed by atoms with Gasteiger partial charge in [-0.1, -0.05) is 127 Å². The summed E-state index contributed by atoms with van der Waals surface area (Å²) in [6, 6.07) is 63.2. The van der Waals surface area contributed by atoms with Crippen molar-refractivity contribution in [1.82, 2.24) is 0 Å². The number of hydrogen-bond donors (Lipinski definition) is 0. The standard InChI is InChI=1S/C64H49BN2/c1-38-44-18-5-3-16-40(44)34-58-63(38)66(42-30-32-54-50-24-9-7-20-46(50)48-22-11-13-26-52(48)56(54)36-42)60-28-15-29-61-62(60)65(58)59-35-41-17-4-6-19-45(41)39(2)64(59)67(61)43-31-33-55-51-25-10-8-21-47(51)49-23-12-14-27-53(49)57(55)37-43/h7-15,20-37H,3-6,16-19H2,1-2H3. The van der Waals surface area contributed by atoms with Crippen molar-refractivity contribution in [2.24, 2.45) is 0 Å². The van der Waals surface area contributed by atoms with Gasteiger partial charge in [-0.15, -0.1) is 0 Å². The summed E-state index contributed by atoms with van der Waals surface area (Å²) in [5.41, 5.74) is 21.3. The lowest BCUT2D eigenvalue weighted by molar-refractivity contribution is 0.682. The maximum absolute atomic E-state index is 2.69. The first-order chi connectivity index (χ1) is 33.1. The van der Waals surface area contributed by atoms with E-state index in [2.05, 4.69) is 187 Å². The number of benzene rings is 11. The van der Waals surface area contributed by atoms with E-state index >= 15 is 0 Å². The molecule has 0 aromatic heterocycles. The van der Waals surface area contributed by atoms with Crippen LogP contribution in [-0.4, -0.2) is 6.71 Å². The quantitative estimate of drug-likeness (QED) is 0.126. The van der Waals surface area contributed by atoms with Gasteiger partial charge in [0.1, 0.15) is 0 Å². The maximum Gasteiger partial charge on any atom is 0.252 e. The van der Waals surface area contributed by atoms with E-state index in [1.165, 1.54) is 152 Å². The lowest BCUT2D eigenvalue weighted by Gasteiger charge is -2.46. The Balaban J connectivity index is 1.05. The van der Waals surface area contributed by atoms with Crippen LogP contribution in [0.2, 0.25) is 0 Å². The molecule has 0 saturated heterocycles. The Morgan fingerprint density at radius 2 is 0.687 bits per heavy atom. The van der Waals surface area contributed by atoms with Crippen LogP contribution in [0.15, 0.2) is 164 Å². The molecular weight excluding hydrogens is 808 g/mol. The second-order valence-corrected chi connectivity index (χ2v) is 20.0. The van der Waals surface area contributed by atoms with Gasteiger partial charge < -0.3 is 9.80 Å². The highest BCUT2D eigenvalue weighted by molar-refractivity contribution is 7.00. The monoisotopic (exact) mass is 856 g/mol. The van der Waals surface area contributed by atoms with Gasteiger partial charge in [0.25, 0.3) is 6.71 Å². The molecule has 3 heteroatoms. The minimum Gasteiger partial charge on any atom is -0.311 e. The predicted molar refractivity (Wildman–Crippen MR) is 288 cm³/mol. The van der Waals surface area contributed by atoms with Crippen molar-refractivity contribution in [3.63, 3.8) is 0 Å². The van der Waals surface area contributed by atoms with E-state index in [9.17, 15) is 0 Å². The van der Waals surface area contributed by atoms with Crippen molar-refractivity contribution >= 4 is 122 Å². The summed E-state index contributed by atoms with van der Waals surface area (Å²) >= 11 is 0. The number of anilines is 6. The number of nitrogens with zero attached hydrogens (tertiary/aromatic N) is 2. The number of fused-ring (bicyclic) bond motifs is 18. The van der Waals surface area contributed by atoms with Crippen LogP contribution >= 0.6 is 0 Å². The minimum atomic E-state index is 0.107. The van der Waals surface area contributed by atoms with E-state index < -0.39 is 0 Å². The SMILES string of the molecule is Cc1c2c(cc3c1N(c1ccc4c5ccccc5c5ccccc5c4c1)c1cccc4c1B3c1cc3c(c(C)c1N4c1ccc4c5ccccc5c5ccccc5c4c1)CCCC3)CCCC2. The Hall–Kier alpha value is -7.36. The Labute approximate surface area is 392 Å². The molecule has 0 spiro atoms. The lowest BCUT2D eigenvalue weighted by Crippen LogP contribution is -2.62. The summed E-state index contributed by atoms with van der Waals surface area (Å²) in [6.45, 7) is 5.01. The Bertz CT molecular complexity index is 3670. The molecular formula is C64H49BN2. The Morgan fingerprint density at radius 3 is 1.07 bits per heavy atom. The van der Waals surface area contributed by atoms with Gasteiger partial charge in [0, 0.05) is 34.1 Å². The topological polar surface area (TPSA) is 6.48 Å². The van der Waals surface area contributed by atoms with Gasteiger partial charge in [-0.3, -0.25) is 0 Å². The molecule has 67 heavy (non-hydrogen) atoms. The van der Waals surface area contributed by atoms with Crippen LogP contribution in [0.3, 0.4) is 0 Å². The van der Waals surface area contributed by atoms with Crippen LogP contribution in [0.25, 0.3) is 64.6 Å². The van der Waals surface area contributed by atoms with Crippen LogP contribution < -0.4 is 26.2 Å². The van der Waals surface area contributed by atoms with E-state index in [1.807, 2.05) is 0 Å². The smallest absolute Gasteiger partial charge is 0.252 e. The third-order valence-corrected chi connectivity index (χ3v) is 16.7. The molecule has 0 fully saturated rings. The first kappa shape index (κ1) is 37.8. The number of hydrogen-bond acceptors (Lipinski definition) is 2. The minimum absolute atomic E-state index is 0.107. The van der Waals surface area contributed by atoms with Gasteiger partial charge in [0.2, 0.25) is 0 Å². The van der Waals surface area contributed by atoms with Gasteiger partial charge in [-0.2, -0.15) is 0 Å². The number of rotatable bonds is 2. The fourth-order valence-electron chi connectivity index (χ4n) is 13.8. The molecule has 0 bridgehead atoms. The van der Waals surface area contributed by atoms with Gasteiger partial charge in [-0.25, -0.2) is 0 Å². The predicted octanol–water partition coefficient (Wildman–Crippen LogP) is 15.1. The second-order valence-electron chi connectivity index (χ2n) is 20.0. The molecule has 0 radical (unpaired) electrons. The molecule has 0 unspecified atom stereocenters. The van der Waals surface area contributed by atoms with Crippen molar-refractivity contribution < 1.29 is 0 Å². The molecule has 0 N–H and O–H groups in total. The van der Waals surface area contributed by atoms with E-state index in [-0.39, 0.29) is 6.71 Å². The third kappa shape index (κ3) is 5.18. The molecule has 0 amide bonds. The van der Waals surface area contributed by atoms with Crippen LogP contribution in [0.1, 0.15) is 59.1 Å². The largest absolute Gasteiger partial charge is 0.311 e. The zero-order valence-electron chi connectivity index (χ0n) is 38.2. The molecule has 2 nitrogen and oxygen atoms in total. The molecule has 4 aliphatic rings. The summed E-state index contributed by atoms with van der Waals surface area (Å²) < 4.78 is 0. The van der Waals surface area contributed by atoms with E-state index in [0.717, 1.165) is 25.7 Å². The van der Waals surface area contributed by atoms with Crippen molar-refractivity contribution in [2.75, 3.05) is 9.80 Å². The van der Waals surface area contributed by atoms with Crippen LogP contribution in [0.5, 0.6) is 0 Å². The van der Waals surface area contributed by atoms with Gasteiger partial charge in [-0.05, 0) is 216 Å². The molecule has 15 rings (SSSR count). The molecule has 2 aliphatic carbocycles. The van der Waals surface area contributed by atoms with E-state index in [4.69, 9.17) is 0 Å². The number of aryl methyl sites for hydroxylation is 2. The third-order valence-electron chi connectivity index (χ3n) is 16.7. The first-order valence-electron chi connectivity index (χ1n) is 24.8. The first-order valence-corrected chi connectivity index (χ1v) is 24.8. The fourth-order valence-corrected chi connectivity index (χ4v) is 13.8. The molecule has 2 aliphatic heterocycles. The molecule has 11 aromatic rings. The fraction of sp³-hybridized carbons (Fsp3) is 0.156. The lowest BCUT2D eigenvalue weighted by atomic mass is 9.32. The Kier molecular flexibility index (Phi) is 7.95. The summed E-state index contributed by atoms with van der Waals surface area (Å²) in [5.74, 6) is 0. The molecule has 11 aromatic carbocycles. The van der Waals surface area contributed by atoms with Crippen LogP contribution in [0, 0.1) is 13.8 Å². The highest BCUT2D eigenvalue weighted by atomic mass is 15.2. The highest BCUT2D eigenvalue weighted by Gasteiger charge is 2.45. The molecule has 318 valence electrons. The highest BCUT2D eigenvalue weighted by Crippen LogP contribution is 2.50. The zero-order chi connectivity index (χ0) is 44.1. The molecule has 2 heterocycles. The normalized spacial score (nSPS) is 15.0. The zero-order valence-corrected chi connectivity index (χ0v) is 38.2. The maximum atomic E-state index is 2.69. The van der Waals surface area contributed by atoms with Crippen molar-refractivity contribution in [3.8, 4) is 0 Å². The van der Waals surface area contributed by atoms with Crippen molar-refractivity contribution in [1.29, 1.82) is 0 Å². The van der Waals surface area contributed by atoms with Gasteiger partial charge >= 0.3 is 0 Å². The summed E-state index contributed by atoms with van der Waals surface area (Å²) in [5, 5.41) is 15.7. The molecule has 0 saturated carbocycles. The Morgan fingerprint density at radius 1 is 0.343 bits per heavy atom. The second kappa shape index (κ2) is 14.1. The van der Waals surface area contributed by atoms with E-state index in [1.54, 1.807) is 22.3 Å². The van der Waals surface area contributed by atoms with Gasteiger partial charge in [0.15, 0.2) is 0 Å². The average molecular weight is 857 g/mol. The van der Waals surface area contributed by atoms with Crippen molar-refractivity contribution in [2.45, 2.75) is 65.2 Å².